The molecule has 0 amide bonds. The molecule has 0 saturated heterocycles. The van der Waals surface area contributed by atoms with E-state index < -0.39 is 0 Å². The largest absolute Gasteiger partial charge is 3.00 e. The molecule has 0 aliphatic heterocycles. The van der Waals surface area contributed by atoms with Gasteiger partial charge in [-0.25, -0.2) is 0 Å². The molecule has 1 aromatic carbocycles. The Morgan fingerprint density at radius 2 is 1.25 bits per heavy atom. The molecule has 1 radical (unpaired) electrons. The molecular weight excluding hydrogens is 271 g/mol. The molecule has 71 valence electrons. The van der Waals surface area contributed by atoms with E-state index in [4.69, 9.17) is 0 Å². The van der Waals surface area contributed by atoms with Crippen LogP contribution in [-0.2, 0) is 39.8 Å². The van der Waals surface area contributed by atoms with Gasteiger partial charge in [0.15, 0.2) is 0 Å². The minimum atomic E-state index is 0. The maximum absolute atomic E-state index is 3.78. The van der Waals surface area contributed by atoms with E-state index in [-0.39, 0.29) is 16.5 Å². The van der Waals surface area contributed by atoms with Gasteiger partial charge in [0, 0.05) is 0 Å². The van der Waals surface area contributed by atoms with E-state index in [2.05, 4.69) is 53.6 Å². The van der Waals surface area contributed by atoms with Crippen LogP contribution in [-0.4, -0.2) is 0 Å². The van der Waals surface area contributed by atoms with Gasteiger partial charge in [-0.15, -0.1) is 12.1 Å². The SMILES string of the molecule is [CH2-]c1ccccc1.[Ni+3].[S-]S.[S-]S. The fourth-order valence-electron chi connectivity index (χ4n) is 0.478. The van der Waals surface area contributed by atoms with Crippen LogP contribution in [0.3, 0.4) is 0 Å². The molecule has 0 saturated carbocycles. The van der Waals surface area contributed by atoms with Crippen LogP contribution in [0.5, 0.6) is 0 Å². The van der Waals surface area contributed by atoms with E-state index in [1.165, 1.54) is 0 Å². The molecule has 5 heteroatoms. The Kier molecular flexibility index (Phi) is 27.9. The molecule has 0 heterocycles. The third-order valence-electron chi connectivity index (χ3n) is 0.843. The maximum Gasteiger partial charge on any atom is 3.00 e. The number of thiol groups is 2. The molecule has 0 aliphatic carbocycles. The Morgan fingerprint density at radius 1 is 0.917 bits per heavy atom. The van der Waals surface area contributed by atoms with Crippen LogP contribution in [0.4, 0.5) is 0 Å². The van der Waals surface area contributed by atoms with Crippen LogP contribution in [0.15, 0.2) is 30.3 Å². The van der Waals surface area contributed by atoms with Crippen molar-refractivity contribution < 1.29 is 16.5 Å². The van der Waals surface area contributed by atoms with Crippen LogP contribution in [0.1, 0.15) is 5.56 Å². The summed E-state index contributed by atoms with van der Waals surface area (Å²) in [5.74, 6) is 0. The molecule has 0 N–H and O–H groups in total. The van der Waals surface area contributed by atoms with Gasteiger partial charge in [0.2, 0.25) is 0 Å². The van der Waals surface area contributed by atoms with E-state index in [9.17, 15) is 0 Å². The minimum Gasteiger partial charge on any atom is -0.723 e. The average molecular weight is 280 g/mol. The van der Waals surface area contributed by atoms with Crippen molar-refractivity contribution in [3.05, 3.63) is 42.8 Å². The van der Waals surface area contributed by atoms with Crippen molar-refractivity contribution in [2.75, 3.05) is 0 Å². The quantitative estimate of drug-likeness (QED) is 0.246. The Balaban J connectivity index is -0.000000144. The summed E-state index contributed by atoms with van der Waals surface area (Å²) in [5.41, 5.74) is 1.07. The summed E-state index contributed by atoms with van der Waals surface area (Å²) in [4.78, 5) is 0. The van der Waals surface area contributed by atoms with Crippen LogP contribution in [0.2, 0.25) is 0 Å². The molecule has 0 fully saturated rings. The molecule has 0 aliphatic rings. The molecule has 12 heavy (non-hydrogen) atoms. The molecule has 0 unspecified atom stereocenters. The second kappa shape index (κ2) is 17.9. The van der Waals surface area contributed by atoms with Gasteiger partial charge in [0.25, 0.3) is 0 Å². The Bertz CT molecular complexity index is 145. The van der Waals surface area contributed by atoms with Crippen molar-refractivity contribution in [1.29, 1.82) is 0 Å². The van der Waals surface area contributed by atoms with Crippen molar-refractivity contribution >= 4 is 46.6 Å². The van der Waals surface area contributed by atoms with Gasteiger partial charge in [0.1, 0.15) is 0 Å². The first-order valence-electron chi connectivity index (χ1n) is 2.63. The van der Waals surface area contributed by atoms with E-state index in [0.29, 0.717) is 0 Å². The van der Waals surface area contributed by atoms with Crippen LogP contribution < -0.4 is 0 Å². The fourth-order valence-corrected chi connectivity index (χ4v) is 0.478. The van der Waals surface area contributed by atoms with Crippen LogP contribution in [0.25, 0.3) is 0 Å². The molecule has 0 spiro atoms. The van der Waals surface area contributed by atoms with Crippen molar-refractivity contribution in [1.82, 2.24) is 0 Å². The smallest absolute Gasteiger partial charge is 0.723 e. The zero-order valence-electron chi connectivity index (χ0n) is 6.12. The number of benzene rings is 1. The van der Waals surface area contributed by atoms with Gasteiger partial charge in [0.05, 0.1) is 0 Å². The Morgan fingerprint density at radius 3 is 1.42 bits per heavy atom. The molecule has 1 aromatic rings. The summed E-state index contributed by atoms with van der Waals surface area (Å²) < 4.78 is 0. The second-order valence-electron chi connectivity index (χ2n) is 1.49. The normalized spacial score (nSPS) is 6.00. The van der Waals surface area contributed by atoms with Gasteiger partial charge in [-0.05, 0) is 0 Å². The summed E-state index contributed by atoms with van der Waals surface area (Å²) >= 11 is 13.8. The standard InChI is InChI=1S/C7H7.Ni.2H2S2/c1-7-5-3-2-4-6-7;;2*1-2/h2-6H,1H2;;2*1-2H/q-1;+3;;/p-2. The Labute approximate surface area is 105 Å². The predicted octanol–water partition coefficient (Wildman–Crippen LogP) is 2.62. The van der Waals surface area contributed by atoms with Gasteiger partial charge in [-0.3, -0.25) is 0 Å². The number of hydrogen-bond donors (Lipinski definition) is 2. The van der Waals surface area contributed by atoms with E-state index in [1.807, 2.05) is 30.3 Å². The summed E-state index contributed by atoms with van der Waals surface area (Å²) in [6.45, 7) is 3.72. The van der Waals surface area contributed by atoms with Crippen molar-refractivity contribution in [3.63, 3.8) is 0 Å². The van der Waals surface area contributed by atoms with Crippen molar-refractivity contribution in [2.24, 2.45) is 0 Å². The molecule has 0 aromatic heterocycles. The topological polar surface area (TPSA) is 0 Å². The first kappa shape index (κ1) is 18.7. The third-order valence-corrected chi connectivity index (χ3v) is 0.843. The molecule has 0 atom stereocenters. The monoisotopic (exact) mass is 279 g/mol. The maximum atomic E-state index is 3.78. The third kappa shape index (κ3) is 13.6. The summed E-state index contributed by atoms with van der Waals surface area (Å²) in [6.07, 6.45) is 0. The van der Waals surface area contributed by atoms with Crippen LogP contribution >= 0.6 is 23.3 Å². The van der Waals surface area contributed by atoms with Crippen molar-refractivity contribution in [2.45, 2.75) is 0 Å². The first-order valence-corrected chi connectivity index (χ1v) is 5.55. The van der Waals surface area contributed by atoms with Crippen LogP contribution in [0, 0.1) is 6.92 Å². The zero-order chi connectivity index (χ0) is 9.11. The van der Waals surface area contributed by atoms with Gasteiger partial charge in [-0.2, -0.15) is 24.6 Å². The van der Waals surface area contributed by atoms with Gasteiger partial charge < -0.3 is 46.6 Å². The van der Waals surface area contributed by atoms with Crippen molar-refractivity contribution in [3.8, 4) is 0 Å². The van der Waals surface area contributed by atoms with E-state index in [1.54, 1.807) is 0 Å². The summed E-state index contributed by atoms with van der Waals surface area (Å²) in [6, 6.07) is 9.87. The second-order valence-corrected chi connectivity index (χ2v) is 1.49. The summed E-state index contributed by atoms with van der Waals surface area (Å²) in [7, 11) is 0. The molecular formula is C7H9NiS4. The molecule has 0 bridgehead atoms. The fraction of sp³-hybridized carbons (Fsp3) is 0. The van der Waals surface area contributed by atoms with Gasteiger partial charge >= 0.3 is 16.5 Å². The van der Waals surface area contributed by atoms with Gasteiger partial charge in [-0.1, -0.05) is 6.07 Å². The van der Waals surface area contributed by atoms with E-state index >= 15 is 0 Å². The molecule has 0 nitrogen and oxygen atoms in total. The number of hydrogen-bond acceptors (Lipinski definition) is 4. The average Bonchev–Trinajstić information content (AvgIpc) is 2.13. The minimum absolute atomic E-state index is 0. The summed E-state index contributed by atoms with van der Waals surface area (Å²) in [5, 5.41) is 0. The first-order chi connectivity index (χ1) is 5.39. The predicted molar refractivity (Wildman–Crippen MR) is 63.6 cm³/mol. The van der Waals surface area contributed by atoms with E-state index in [0.717, 1.165) is 5.56 Å². The zero-order valence-corrected chi connectivity index (χ0v) is 10.5. The molecule has 1 rings (SSSR count). The Hall–Kier alpha value is 0.984. The number of rotatable bonds is 0.